The molecule has 3 rings (SSSR count). The van der Waals surface area contributed by atoms with E-state index in [4.69, 9.17) is 11.2 Å². The van der Waals surface area contributed by atoms with E-state index in [2.05, 4.69) is 4.98 Å². The molecule has 1 amide bonds. The Morgan fingerprint density at radius 1 is 1.00 bits per heavy atom. The smallest absolute Gasteiger partial charge is 0.303 e. The SMILES string of the molecule is [2H]C(C)(CC)N(Cc1ccccc1OCCCCCC(=O)O)C(=O)c1ccc(-c2ccncc2)cc1. The van der Waals surface area contributed by atoms with E-state index in [0.717, 1.165) is 29.5 Å². The zero-order valence-corrected chi connectivity index (χ0v) is 20.4. The highest BCUT2D eigenvalue weighted by atomic mass is 16.5. The average molecular weight is 476 g/mol. The summed E-state index contributed by atoms with van der Waals surface area (Å²) >= 11 is 0. The lowest BCUT2D eigenvalue weighted by Crippen LogP contribution is -2.37. The minimum absolute atomic E-state index is 0.163. The van der Waals surface area contributed by atoms with Crippen LogP contribution in [0.25, 0.3) is 11.1 Å². The third-order valence-corrected chi connectivity index (χ3v) is 5.96. The highest BCUT2D eigenvalue weighted by molar-refractivity contribution is 5.95. The van der Waals surface area contributed by atoms with Gasteiger partial charge in [-0.05, 0) is 74.1 Å². The first kappa shape index (κ1) is 24.5. The normalized spacial score (nSPS) is 12.9. The van der Waals surface area contributed by atoms with Crippen LogP contribution >= 0.6 is 0 Å². The molecule has 0 saturated carbocycles. The maximum Gasteiger partial charge on any atom is 0.303 e. The van der Waals surface area contributed by atoms with Crippen LogP contribution in [0.15, 0.2) is 73.1 Å². The number of carboxylic acid groups (broad SMARTS) is 1. The van der Waals surface area contributed by atoms with Crippen LogP contribution in [0.1, 0.15) is 63.2 Å². The van der Waals surface area contributed by atoms with Gasteiger partial charge >= 0.3 is 5.97 Å². The summed E-state index contributed by atoms with van der Waals surface area (Å²) in [6, 6.07) is 17.7. The quantitative estimate of drug-likeness (QED) is 0.297. The Labute approximate surface area is 209 Å². The van der Waals surface area contributed by atoms with Crippen molar-refractivity contribution < 1.29 is 20.8 Å². The minimum atomic E-state index is -1.11. The standard InChI is InChI=1S/C29H34N2O4/c1-3-22(2)31(29(34)25-14-12-23(13-15-25)24-16-18-30-19-17-24)21-26-9-6-7-10-27(26)35-20-8-4-5-11-28(32)33/h6-7,9-10,12-19,22H,3-5,8,11,20-21H2,1-2H3,(H,32,33)/i22D. The first-order valence-electron chi connectivity index (χ1n) is 12.6. The van der Waals surface area contributed by atoms with Crippen molar-refractivity contribution in [1.29, 1.82) is 0 Å². The number of hydrogen-bond acceptors (Lipinski definition) is 4. The molecule has 1 aromatic heterocycles. The molecule has 1 heterocycles. The van der Waals surface area contributed by atoms with Crippen LogP contribution < -0.4 is 4.74 Å². The number of unbranched alkanes of at least 4 members (excludes halogenated alkanes) is 2. The third kappa shape index (κ3) is 7.67. The maximum absolute atomic E-state index is 13.6. The maximum atomic E-state index is 13.6. The molecule has 2 aromatic carbocycles. The summed E-state index contributed by atoms with van der Waals surface area (Å²) in [5, 5.41) is 8.77. The van der Waals surface area contributed by atoms with Gasteiger partial charge in [0.15, 0.2) is 0 Å². The van der Waals surface area contributed by atoms with Gasteiger partial charge in [0.1, 0.15) is 5.75 Å². The summed E-state index contributed by atoms with van der Waals surface area (Å²) < 4.78 is 14.9. The number of rotatable bonds is 13. The van der Waals surface area contributed by atoms with Crippen molar-refractivity contribution in [3.05, 3.63) is 84.2 Å². The van der Waals surface area contributed by atoms with Gasteiger partial charge in [-0.1, -0.05) is 37.3 Å². The molecule has 6 heteroatoms. The molecule has 6 nitrogen and oxygen atoms in total. The molecule has 184 valence electrons. The fourth-order valence-electron chi connectivity index (χ4n) is 3.76. The van der Waals surface area contributed by atoms with Crippen LogP contribution in [0.4, 0.5) is 0 Å². The van der Waals surface area contributed by atoms with Crippen LogP contribution in [0.2, 0.25) is 0 Å². The van der Waals surface area contributed by atoms with Crippen molar-refractivity contribution in [3.8, 4) is 16.9 Å². The molecule has 0 aliphatic rings. The summed E-state index contributed by atoms with van der Waals surface area (Å²) in [4.78, 5) is 29.9. The largest absolute Gasteiger partial charge is 0.493 e. The zero-order chi connectivity index (χ0) is 26.0. The number of aromatic nitrogens is 1. The van der Waals surface area contributed by atoms with Gasteiger partial charge in [-0.3, -0.25) is 14.6 Å². The molecule has 0 saturated heterocycles. The van der Waals surface area contributed by atoms with Crippen molar-refractivity contribution in [2.45, 2.75) is 58.5 Å². The molecule has 1 atom stereocenters. The molecule has 1 N–H and O–H groups in total. The number of aliphatic carboxylic acids is 1. The molecule has 1 unspecified atom stereocenters. The number of ether oxygens (including phenoxy) is 1. The molecule has 0 aliphatic carbocycles. The van der Waals surface area contributed by atoms with Gasteiger partial charge < -0.3 is 14.7 Å². The molecule has 35 heavy (non-hydrogen) atoms. The predicted molar refractivity (Wildman–Crippen MR) is 137 cm³/mol. The Hall–Kier alpha value is -3.67. The van der Waals surface area contributed by atoms with E-state index >= 15 is 0 Å². The monoisotopic (exact) mass is 475 g/mol. The third-order valence-electron chi connectivity index (χ3n) is 5.96. The summed E-state index contributed by atoms with van der Waals surface area (Å²) in [7, 11) is 0. The van der Waals surface area contributed by atoms with E-state index in [9.17, 15) is 9.59 Å². The lowest BCUT2D eigenvalue weighted by molar-refractivity contribution is -0.137. The number of carbonyl (C=O) groups is 2. The second-order valence-corrected chi connectivity index (χ2v) is 8.45. The molecular weight excluding hydrogens is 440 g/mol. The number of benzene rings is 2. The number of nitrogens with zero attached hydrogens (tertiary/aromatic N) is 2. The second-order valence-electron chi connectivity index (χ2n) is 8.45. The van der Waals surface area contributed by atoms with Crippen molar-refractivity contribution in [2.24, 2.45) is 0 Å². The van der Waals surface area contributed by atoms with Crippen molar-refractivity contribution in [1.82, 2.24) is 9.88 Å². The Balaban J connectivity index is 1.74. The Morgan fingerprint density at radius 3 is 2.37 bits per heavy atom. The van der Waals surface area contributed by atoms with E-state index in [0.29, 0.717) is 30.8 Å². The number of carboxylic acids is 1. The van der Waals surface area contributed by atoms with Gasteiger partial charge in [-0.25, -0.2) is 0 Å². The van der Waals surface area contributed by atoms with Gasteiger partial charge in [-0.2, -0.15) is 0 Å². The Bertz CT molecular complexity index is 1130. The van der Waals surface area contributed by atoms with Crippen LogP contribution in [0.3, 0.4) is 0 Å². The molecule has 3 aromatic rings. The predicted octanol–water partition coefficient (Wildman–Crippen LogP) is 6.21. The summed E-state index contributed by atoms with van der Waals surface area (Å²) in [5.41, 5.74) is 3.37. The van der Waals surface area contributed by atoms with Gasteiger partial charge in [0.05, 0.1) is 7.98 Å². The fraction of sp³-hybridized carbons (Fsp3) is 0.345. The summed E-state index contributed by atoms with van der Waals surface area (Å²) in [6.07, 6.45) is 6.25. The van der Waals surface area contributed by atoms with E-state index in [1.165, 1.54) is 0 Å². The number of amides is 1. The number of para-hydroxylation sites is 1. The number of hydrogen-bond donors (Lipinski definition) is 1. The average Bonchev–Trinajstić information content (AvgIpc) is 2.90. The molecule has 0 aliphatic heterocycles. The highest BCUT2D eigenvalue weighted by Crippen LogP contribution is 2.25. The van der Waals surface area contributed by atoms with Gasteiger partial charge in [0.25, 0.3) is 5.91 Å². The van der Waals surface area contributed by atoms with Crippen molar-refractivity contribution >= 4 is 11.9 Å². The summed E-state index contributed by atoms with van der Waals surface area (Å²) in [5.74, 6) is -0.319. The lowest BCUT2D eigenvalue weighted by atomic mass is 10.0. The van der Waals surface area contributed by atoms with Crippen molar-refractivity contribution in [3.63, 3.8) is 0 Å². The van der Waals surface area contributed by atoms with E-state index in [-0.39, 0.29) is 18.9 Å². The van der Waals surface area contributed by atoms with Crippen LogP contribution in [-0.4, -0.2) is 39.5 Å². The van der Waals surface area contributed by atoms with Crippen LogP contribution in [0.5, 0.6) is 5.75 Å². The van der Waals surface area contributed by atoms with E-state index in [1.807, 2.05) is 55.5 Å². The van der Waals surface area contributed by atoms with E-state index < -0.39 is 12.0 Å². The molecular formula is C29H34N2O4. The highest BCUT2D eigenvalue weighted by Gasteiger charge is 2.22. The topological polar surface area (TPSA) is 79.7 Å². The van der Waals surface area contributed by atoms with Crippen molar-refractivity contribution in [2.75, 3.05) is 6.61 Å². The Morgan fingerprint density at radius 2 is 1.69 bits per heavy atom. The van der Waals surface area contributed by atoms with Gasteiger partial charge in [0, 0.05) is 42.5 Å². The lowest BCUT2D eigenvalue weighted by Gasteiger charge is -2.29. The first-order chi connectivity index (χ1) is 17.3. The molecule has 0 spiro atoms. The second kappa shape index (κ2) is 13.3. The van der Waals surface area contributed by atoms with Gasteiger partial charge in [-0.15, -0.1) is 0 Å². The number of carbonyl (C=O) groups excluding carboxylic acids is 1. The zero-order valence-electron chi connectivity index (χ0n) is 21.4. The molecule has 0 radical (unpaired) electrons. The van der Waals surface area contributed by atoms with Crippen LogP contribution in [0, 0.1) is 0 Å². The van der Waals surface area contributed by atoms with E-state index in [1.54, 1.807) is 36.4 Å². The Kier molecular flexibility index (Phi) is 9.28. The van der Waals surface area contributed by atoms with Gasteiger partial charge in [0.2, 0.25) is 0 Å². The molecule has 0 fully saturated rings. The summed E-state index contributed by atoms with van der Waals surface area (Å²) in [6.45, 7) is 4.36. The minimum Gasteiger partial charge on any atom is -0.493 e. The molecule has 0 bridgehead atoms. The fourth-order valence-corrected chi connectivity index (χ4v) is 3.76. The van der Waals surface area contributed by atoms with Crippen LogP contribution in [-0.2, 0) is 11.3 Å². The number of pyridine rings is 1. The first-order valence-corrected chi connectivity index (χ1v) is 12.1.